The van der Waals surface area contributed by atoms with Crippen LogP contribution in [-0.4, -0.2) is 60.5 Å². The van der Waals surface area contributed by atoms with Gasteiger partial charge in [-0.15, -0.1) is 0 Å². The van der Waals surface area contributed by atoms with Crippen molar-refractivity contribution in [3.8, 4) is 0 Å². The largest absolute Gasteiger partial charge is 0.383 e. The summed E-state index contributed by atoms with van der Waals surface area (Å²) < 4.78 is 5.35. The van der Waals surface area contributed by atoms with Gasteiger partial charge >= 0.3 is 0 Å². The maximum Gasteiger partial charge on any atom is 0.254 e. The first-order valence-corrected chi connectivity index (χ1v) is 11.4. The average Bonchev–Trinajstić information content (AvgIpc) is 3.04. The summed E-state index contributed by atoms with van der Waals surface area (Å²) in [7, 11) is 1.68. The molecule has 1 aromatic carbocycles. The molecule has 0 radical (unpaired) electrons. The summed E-state index contributed by atoms with van der Waals surface area (Å²) in [5.41, 5.74) is 1.24. The number of benzene rings is 1. The number of likely N-dealkylation sites (tertiary alicyclic amines) is 1. The highest BCUT2D eigenvalue weighted by Gasteiger charge is 2.55. The van der Waals surface area contributed by atoms with Crippen LogP contribution in [0.1, 0.15) is 79.6 Å². The number of rotatable bonds is 4. The number of carbonyl (C=O) groups excluding carboxylic acids is 2. The van der Waals surface area contributed by atoms with Crippen molar-refractivity contribution in [2.24, 2.45) is 0 Å². The molecule has 0 N–H and O–H groups in total. The quantitative estimate of drug-likeness (QED) is 0.771. The van der Waals surface area contributed by atoms with Crippen LogP contribution < -0.4 is 0 Å². The van der Waals surface area contributed by atoms with Crippen LogP contribution in [0.2, 0.25) is 0 Å². The Labute approximate surface area is 174 Å². The van der Waals surface area contributed by atoms with Crippen LogP contribution in [-0.2, 0) is 9.53 Å². The van der Waals surface area contributed by atoms with Gasteiger partial charge < -0.3 is 14.5 Å². The molecule has 2 aliphatic heterocycles. The van der Waals surface area contributed by atoms with Crippen molar-refractivity contribution in [2.45, 2.75) is 69.2 Å². The molecule has 158 valence electrons. The smallest absolute Gasteiger partial charge is 0.254 e. The van der Waals surface area contributed by atoms with E-state index >= 15 is 0 Å². The number of ether oxygens (including phenoxy) is 1. The number of nitrogens with zero attached hydrogens (tertiary/aromatic N) is 2. The molecule has 2 amide bonds. The van der Waals surface area contributed by atoms with Crippen LogP contribution >= 0.6 is 0 Å². The van der Waals surface area contributed by atoms with Crippen LogP contribution in [0.4, 0.5) is 0 Å². The molecule has 3 aliphatic rings. The normalized spacial score (nSPS) is 24.3. The fourth-order valence-electron chi connectivity index (χ4n) is 5.80. The fraction of sp³-hybridized carbons (Fsp3) is 0.667. The third kappa shape index (κ3) is 3.70. The van der Waals surface area contributed by atoms with E-state index in [0.29, 0.717) is 18.7 Å². The SMILES string of the molecule is COCCN1C(=O)c2ccccc2C(C(=O)N2CCCCCC2)C12CCCCC2. The van der Waals surface area contributed by atoms with E-state index in [9.17, 15) is 9.59 Å². The van der Waals surface area contributed by atoms with E-state index < -0.39 is 5.54 Å². The van der Waals surface area contributed by atoms with Gasteiger partial charge in [0, 0.05) is 32.3 Å². The van der Waals surface area contributed by atoms with Crippen molar-refractivity contribution < 1.29 is 14.3 Å². The van der Waals surface area contributed by atoms with Crippen LogP contribution in [0.5, 0.6) is 0 Å². The lowest BCUT2D eigenvalue weighted by atomic mass is 9.65. The number of fused-ring (bicyclic) bond motifs is 1. The molecule has 1 aromatic rings. The molecule has 1 saturated heterocycles. The van der Waals surface area contributed by atoms with E-state index in [0.717, 1.165) is 57.2 Å². The average molecular weight is 399 g/mol. The van der Waals surface area contributed by atoms with E-state index in [1.165, 1.54) is 19.3 Å². The second-order valence-electron chi connectivity index (χ2n) is 8.87. The first kappa shape index (κ1) is 20.4. The van der Waals surface area contributed by atoms with Crippen LogP contribution in [0, 0.1) is 0 Å². The lowest BCUT2D eigenvalue weighted by Crippen LogP contribution is -2.63. The Bertz CT molecular complexity index is 733. The number of amides is 2. The Hall–Kier alpha value is -1.88. The van der Waals surface area contributed by atoms with Crippen LogP contribution in [0.15, 0.2) is 24.3 Å². The minimum atomic E-state index is -0.411. The second-order valence-corrected chi connectivity index (χ2v) is 8.87. The molecule has 1 atom stereocenters. The van der Waals surface area contributed by atoms with Gasteiger partial charge in [-0.3, -0.25) is 9.59 Å². The Morgan fingerprint density at radius 2 is 1.69 bits per heavy atom. The van der Waals surface area contributed by atoms with Gasteiger partial charge in [0.05, 0.1) is 18.1 Å². The molecule has 1 unspecified atom stereocenters. The molecular formula is C24H34N2O3. The topological polar surface area (TPSA) is 49.9 Å². The zero-order chi connectivity index (χ0) is 20.3. The Morgan fingerprint density at radius 3 is 2.38 bits per heavy atom. The zero-order valence-corrected chi connectivity index (χ0v) is 17.7. The molecule has 29 heavy (non-hydrogen) atoms. The van der Waals surface area contributed by atoms with Gasteiger partial charge in [-0.25, -0.2) is 0 Å². The summed E-state index contributed by atoms with van der Waals surface area (Å²) in [6.45, 7) is 2.74. The summed E-state index contributed by atoms with van der Waals surface area (Å²) in [5.74, 6) is 0.0438. The van der Waals surface area contributed by atoms with Gasteiger partial charge in [0.2, 0.25) is 5.91 Å². The number of carbonyl (C=O) groups is 2. The molecule has 2 fully saturated rings. The minimum absolute atomic E-state index is 0.0690. The monoisotopic (exact) mass is 398 g/mol. The van der Waals surface area contributed by atoms with Gasteiger partial charge in [-0.1, -0.05) is 50.3 Å². The van der Waals surface area contributed by atoms with Crippen molar-refractivity contribution in [3.63, 3.8) is 0 Å². The first-order chi connectivity index (χ1) is 14.2. The standard InChI is InChI=1S/C24H34N2O3/c1-29-18-17-26-22(27)20-12-6-5-11-19(20)21(24(26)13-7-4-8-14-24)23(28)25-15-9-2-3-10-16-25/h5-6,11-12,21H,2-4,7-10,13-18H2,1H3. The van der Waals surface area contributed by atoms with Gasteiger partial charge in [0.15, 0.2) is 0 Å². The summed E-state index contributed by atoms with van der Waals surface area (Å²) in [5, 5.41) is 0. The number of methoxy groups -OCH3 is 1. The Kier molecular flexibility index (Phi) is 6.23. The van der Waals surface area contributed by atoms with E-state index in [1.807, 2.05) is 29.2 Å². The highest BCUT2D eigenvalue weighted by molar-refractivity contribution is 6.02. The molecular weight excluding hydrogens is 364 g/mol. The molecule has 5 heteroatoms. The van der Waals surface area contributed by atoms with Crippen LogP contribution in [0.25, 0.3) is 0 Å². The van der Waals surface area contributed by atoms with Crippen molar-refractivity contribution >= 4 is 11.8 Å². The van der Waals surface area contributed by atoms with E-state index in [4.69, 9.17) is 4.74 Å². The number of hydrogen-bond donors (Lipinski definition) is 0. The van der Waals surface area contributed by atoms with Gasteiger partial charge in [-0.05, 0) is 37.3 Å². The molecule has 0 aromatic heterocycles. The summed E-state index contributed by atoms with van der Waals surface area (Å²) in [4.78, 5) is 31.7. The lowest BCUT2D eigenvalue weighted by molar-refractivity contribution is -0.138. The van der Waals surface area contributed by atoms with E-state index in [1.54, 1.807) is 7.11 Å². The van der Waals surface area contributed by atoms with Crippen molar-refractivity contribution in [1.29, 1.82) is 0 Å². The molecule has 1 aliphatic carbocycles. The summed E-state index contributed by atoms with van der Waals surface area (Å²) >= 11 is 0. The zero-order valence-electron chi connectivity index (χ0n) is 17.7. The van der Waals surface area contributed by atoms with E-state index in [2.05, 4.69) is 4.90 Å². The molecule has 4 rings (SSSR count). The molecule has 2 heterocycles. The third-order valence-electron chi connectivity index (χ3n) is 7.23. The summed E-state index contributed by atoms with van der Waals surface area (Å²) in [6.07, 6.45) is 9.70. The van der Waals surface area contributed by atoms with Gasteiger partial charge in [-0.2, -0.15) is 0 Å². The van der Waals surface area contributed by atoms with Crippen molar-refractivity contribution in [3.05, 3.63) is 35.4 Å². The highest BCUT2D eigenvalue weighted by Crippen LogP contribution is 2.49. The predicted octanol–water partition coefficient (Wildman–Crippen LogP) is 3.98. The molecule has 5 nitrogen and oxygen atoms in total. The maximum atomic E-state index is 14.0. The lowest BCUT2D eigenvalue weighted by Gasteiger charge is -2.54. The van der Waals surface area contributed by atoms with E-state index in [-0.39, 0.29) is 17.7 Å². The van der Waals surface area contributed by atoms with Gasteiger partial charge in [0.25, 0.3) is 5.91 Å². The van der Waals surface area contributed by atoms with Crippen molar-refractivity contribution in [2.75, 3.05) is 33.4 Å². The Morgan fingerprint density at radius 1 is 1.03 bits per heavy atom. The maximum absolute atomic E-state index is 14.0. The molecule has 1 saturated carbocycles. The fourth-order valence-corrected chi connectivity index (χ4v) is 5.80. The van der Waals surface area contributed by atoms with Crippen molar-refractivity contribution in [1.82, 2.24) is 9.80 Å². The second kappa shape index (κ2) is 8.86. The van der Waals surface area contributed by atoms with Crippen LogP contribution in [0.3, 0.4) is 0 Å². The first-order valence-electron chi connectivity index (χ1n) is 11.4. The highest BCUT2D eigenvalue weighted by atomic mass is 16.5. The van der Waals surface area contributed by atoms with Gasteiger partial charge in [0.1, 0.15) is 0 Å². The Balaban J connectivity index is 1.80. The number of hydrogen-bond acceptors (Lipinski definition) is 3. The third-order valence-corrected chi connectivity index (χ3v) is 7.23. The predicted molar refractivity (Wildman–Crippen MR) is 113 cm³/mol. The minimum Gasteiger partial charge on any atom is -0.383 e. The summed E-state index contributed by atoms with van der Waals surface area (Å²) in [6, 6.07) is 7.82. The molecule has 0 bridgehead atoms. The molecule has 1 spiro atoms.